The summed E-state index contributed by atoms with van der Waals surface area (Å²) < 4.78 is 0. The number of carbonyl (C=O) groups excluding carboxylic acids is 2. The van der Waals surface area contributed by atoms with Crippen LogP contribution in [0.1, 0.15) is 48.5 Å². The molecule has 0 bridgehead atoms. The first-order valence-electron chi connectivity index (χ1n) is 15.2. The van der Waals surface area contributed by atoms with Crippen LogP contribution in [0.2, 0.25) is 0 Å². The maximum atomic E-state index is 13.6. The highest BCUT2D eigenvalue weighted by Gasteiger charge is 2.28. The fourth-order valence-corrected chi connectivity index (χ4v) is 6.41. The number of amides is 1. The lowest BCUT2D eigenvalue weighted by molar-refractivity contribution is 0.0989. The predicted octanol–water partition coefficient (Wildman–Crippen LogP) is 7.80. The third kappa shape index (κ3) is 5.35. The molecule has 0 unspecified atom stereocenters. The van der Waals surface area contributed by atoms with E-state index in [0.717, 1.165) is 23.3 Å². The lowest BCUT2D eigenvalue weighted by Crippen LogP contribution is -2.13. The monoisotopic (exact) mass is 643 g/mol. The molecule has 0 saturated carbocycles. The van der Waals surface area contributed by atoms with Crippen LogP contribution in [0.4, 0.5) is 5.69 Å². The molecule has 7 N–H and O–H groups in total. The standard InChI is InChI=1S/C39H33NO8/c1-18-7-5-9-22(11-18)15-28(41)33-24-13-20(3)31(35(44)26(24)16-29(42)37(33)46)32-21(4)14-25-27(36(32)45)17-30(43)38(47)34(25)39(48)40-23-10-6-8-19(2)12-23/h5-14,16-17,42-47H,15H2,1-4H3,(H,40,48). The first-order chi connectivity index (χ1) is 22.8. The Morgan fingerprint density at radius 3 is 1.60 bits per heavy atom. The zero-order valence-corrected chi connectivity index (χ0v) is 26.6. The van der Waals surface area contributed by atoms with Gasteiger partial charge in [0.25, 0.3) is 5.91 Å². The van der Waals surface area contributed by atoms with Crippen molar-refractivity contribution in [3.63, 3.8) is 0 Å². The fourth-order valence-electron chi connectivity index (χ4n) is 6.41. The number of Topliss-reactive ketones (excluding diaryl/α,β-unsaturated/α-hetero) is 1. The highest BCUT2D eigenvalue weighted by molar-refractivity contribution is 6.19. The van der Waals surface area contributed by atoms with Crippen LogP contribution in [-0.2, 0) is 6.42 Å². The number of nitrogens with one attached hydrogen (secondary N) is 1. The summed E-state index contributed by atoms with van der Waals surface area (Å²) in [6.07, 6.45) is -0.0595. The number of fused-ring (bicyclic) bond motifs is 2. The minimum Gasteiger partial charge on any atom is -0.507 e. The first kappa shape index (κ1) is 31.7. The second kappa shape index (κ2) is 11.9. The highest BCUT2D eigenvalue weighted by atomic mass is 16.3. The molecule has 0 spiro atoms. The quantitative estimate of drug-likeness (QED) is 0.0713. The molecule has 0 saturated heterocycles. The molecule has 242 valence electrons. The number of phenols is 6. The summed E-state index contributed by atoms with van der Waals surface area (Å²) in [6.45, 7) is 7.06. The van der Waals surface area contributed by atoms with Crippen LogP contribution >= 0.6 is 0 Å². The largest absolute Gasteiger partial charge is 0.507 e. The summed E-state index contributed by atoms with van der Waals surface area (Å²) in [6, 6.07) is 19.8. The van der Waals surface area contributed by atoms with Crippen molar-refractivity contribution in [2.45, 2.75) is 34.1 Å². The summed E-state index contributed by atoms with van der Waals surface area (Å²) in [5.41, 5.74) is 3.79. The summed E-state index contributed by atoms with van der Waals surface area (Å²) in [7, 11) is 0. The molecule has 0 atom stereocenters. The summed E-state index contributed by atoms with van der Waals surface area (Å²) in [5.74, 6) is -4.46. The van der Waals surface area contributed by atoms with Gasteiger partial charge < -0.3 is 36.0 Å². The van der Waals surface area contributed by atoms with Gasteiger partial charge in [-0.05, 0) is 86.3 Å². The number of benzene rings is 6. The molecule has 0 heterocycles. The number of anilines is 1. The molecule has 6 rings (SSSR count). The molecule has 0 aliphatic heterocycles. The van der Waals surface area contributed by atoms with Crippen molar-refractivity contribution in [3.8, 4) is 45.6 Å². The van der Waals surface area contributed by atoms with E-state index in [2.05, 4.69) is 5.32 Å². The SMILES string of the molecule is Cc1cccc(CC(=O)c2c(O)c(O)cc3c(O)c(-c4c(C)cc5c(C(=O)Nc6cccc(C)c6)c(O)c(O)cc5c4O)c(C)cc23)c1. The molecule has 6 aromatic carbocycles. The van der Waals surface area contributed by atoms with Gasteiger partial charge in [-0.1, -0.05) is 42.0 Å². The van der Waals surface area contributed by atoms with E-state index in [1.54, 1.807) is 50.2 Å². The van der Waals surface area contributed by atoms with Crippen LogP contribution in [0.15, 0.2) is 72.8 Å². The number of ketones is 1. The van der Waals surface area contributed by atoms with Gasteiger partial charge in [-0.15, -0.1) is 0 Å². The van der Waals surface area contributed by atoms with Gasteiger partial charge in [0.1, 0.15) is 11.5 Å². The fraction of sp³-hybridized carbons (Fsp3) is 0.128. The number of aromatic hydroxyl groups is 6. The molecule has 0 aliphatic carbocycles. The highest BCUT2D eigenvalue weighted by Crippen LogP contribution is 2.51. The third-order valence-electron chi connectivity index (χ3n) is 8.61. The van der Waals surface area contributed by atoms with Crippen LogP contribution in [0.5, 0.6) is 34.5 Å². The lowest BCUT2D eigenvalue weighted by atomic mass is 9.86. The predicted molar refractivity (Wildman–Crippen MR) is 185 cm³/mol. The van der Waals surface area contributed by atoms with Crippen molar-refractivity contribution >= 4 is 38.9 Å². The van der Waals surface area contributed by atoms with E-state index in [1.807, 2.05) is 38.1 Å². The van der Waals surface area contributed by atoms with E-state index in [0.29, 0.717) is 22.4 Å². The molecule has 0 fully saturated rings. The van der Waals surface area contributed by atoms with Gasteiger partial charge in [-0.25, -0.2) is 0 Å². The van der Waals surface area contributed by atoms with E-state index in [9.17, 15) is 40.2 Å². The minimum atomic E-state index is -0.714. The number of carbonyl (C=O) groups is 2. The third-order valence-corrected chi connectivity index (χ3v) is 8.61. The van der Waals surface area contributed by atoms with E-state index >= 15 is 0 Å². The number of phenolic OH excluding ortho intramolecular Hbond substituents is 6. The summed E-state index contributed by atoms with van der Waals surface area (Å²) in [5, 5.41) is 69.5. The van der Waals surface area contributed by atoms with Crippen LogP contribution in [0, 0.1) is 27.7 Å². The van der Waals surface area contributed by atoms with Crippen molar-refractivity contribution in [2.75, 3.05) is 5.32 Å². The zero-order valence-electron chi connectivity index (χ0n) is 26.6. The Bertz CT molecular complexity index is 2180. The molecule has 0 aliphatic rings. The smallest absolute Gasteiger partial charge is 0.260 e. The maximum Gasteiger partial charge on any atom is 0.260 e. The molecule has 6 aromatic rings. The van der Waals surface area contributed by atoms with Gasteiger partial charge in [-0.2, -0.15) is 0 Å². The van der Waals surface area contributed by atoms with Crippen molar-refractivity contribution < 1.29 is 40.2 Å². The Labute approximate surface area is 275 Å². The van der Waals surface area contributed by atoms with Gasteiger partial charge in [-0.3, -0.25) is 9.59 Å². The normalized spacial score (nSPS) is 11.2. The summed E-state index contributed by atoms with van der Waals surface area (Å²) >= 11 is 0. The Balaban J connectivity index is 1.53. The molecule has 48 heavy (non-hydrogen) atoms. The molecular formula is C39H33NO8. The molecule has 0 aromatic heterocycles. The average Bonchev–Trinajstić information content (AvgIpc) is 3.01. The van der Waals surface area contributed by atoms with Gasteiger partial charge >= 0.3 is 0 Å². The Morgan fingerprint density at radius 1 is 0.562 bits per heavy atom. The average molecular weight is 644 g/mol. The molecule has 9 heteroatoms. The second-order valence-corrected chi connectivity index (χ2v) is 12.2. The van der Waals surface area contributed by atoms with Crippen LogP contribution < -0.4 is 5.32 Å². The van der Waals surface area contributed by atoms with Crippen LogP contribution in [0.25, 0.3) is 32.7 Å². The maximum absolute atomic E-state index is 13.6. The van der Waals surface area contributed by atoms with Crippen molar-refractivity contribution in [2.24, 2.45) is 0 Å². The van der Waals surface area contributed by atoms with Gasteiger partial charge in [0, 0.05) is 44.8 Å². The van der Waals surface area contributed by atoms with E-state index in [1.165, 1.54) is 0 Å². The van der Waals surface area contributed by atoms with E-state index < -0.39 is 34.7 Å². The van der Waals surface area contributed by atoms with Crippen molar-refractivity contribution in [1.82, 2.24) is 0 Å². The van der Waals surface area contributed by atoms with Gasteiger partial charge in [0.15, 0.2) is 28.8 Å². The van der Waals surface area contributed by atoms with E-state index in [4.69, 9.17) is 0 Å². The number of hydrogen-bond acceptors (Lipinski definition) is 8. The van der Waals surface area contributed by atoms with Crippen LogP contribution in [0.3, 0.4) is 0 Å². The number of hydrogen-bond donors (Lipinski definition) is 7. The topological polar surface area (TPSA) is 168 Å². The lowest BCUT2D eigenvalue weighted by Gasteiger charge is -2.20. The first-order valence-corrected chi connectivity index (χ1v) is 15.2. The Kier molecular flexibility index (Phi) is 7.84. The van der Waals surface area contributed by atoms with Crippen molar-refractivity contribution in [1.29, 1.82) is 0 Å². The Morgan fingerprint density at radius 2 is 1.06 bits per heavy atom. The summed E-state index contributed by atoms with van der Waals surface area (Å²) in [4.78, 5) is 27.0. The van der Waals surface area contributed by atoms with Gasteiger partial charge in [0.2, 0.25) is 0 Å². The second-order valence-electron chi connectivity index (χ2n) is 12.2. The Hall–Kier alpha value is -6.22. The molecule has 0 radical (unpaired) electrons. The van der Waals surface area contributed by atoms with Gasteiger partial charge in [0.05, 0.1) is 11.1 Å². The molecule has 9 nitrogen and oxygen atoms in total. The minimum absolute atomic E-state index is 0.0294. The molecular weight excluding hydrogens is 610 g/mol. The number of aryl methyl sites for hydroxylation is 4. The van der Waals surface area contributed by atoms with Crippen LogP contribution in [-0.4, -0.2) is 42.3 Å². The number of rotatable bonds is 6. The molecule has 1 amide bonds. The van der Waals surface area contributed by atoms with E-state index in [-0.39, 0.29) is 61.7 Å². The van der Waals surface area contributed by atoms with Crippen molar-refractivity contribution in [3.05, 3.63) is 112 Å². The zero-order chi connectivity index (χ0) is 34.6.